The second-order valence-electron chi connectivity index (χ2n) is 4.91. The van der Waals surface area contributed by atoms with Crippen LogP contribution in [0.2, 0.25) is 0 Å². The molecule has 1 atom stereocenters. The Morgan fingerprint density at radius 2 is 1.96 bits per heavy atom. The third kappa shape index (κ3) is 7.04. The molecule has 1 aromatic heterocycles. The zero-order chi connectivity index (χ0) is 15.6. The summed E-state index contributed by atoms with van der Waals surface area (Å²) in [5.41, 5.74) is 1.28. The molecule has 0 amide bonds. The van der Waals surface area contributed by atoms with Crippen molar-refractivity contribution in [2.24, 2.45) is 4.99 Å². The van der Waals surface area contributed by atoms with Gasteiger partial charge in [-0.1, -0.05) is 30.3 Å². The first-order chi connectivity index (χ1) is 10.8. The molecule has 1 heterocycles. The van der Waals surface area contributed by atoms with Crippen molar-refractivity contribution in [3.8, 4) is 0 Å². The molecule has 6 heteroatoms. The van der Waals surface area contributed by atoms with E-state index in [2.05, 4.69) is 27.8 Å². The van der Waals surface area contributed by atoms with Crippen molar-refractivity contribution in [1.29, 1.82) is 0 Å². The summed E-state index contributed by atoms with van der Waals surface area (Å²) in [5.74, 6) is 1.23. The van der Waals surface area contributed by atoms with E-state index >= 15 is 0 Å². The van der Waals surface area contributed by atoms with E-state index in [1.807, 2.05) is 25.1 Å². The van der Waals surface area contributed by atoms with Crippen molar-refractivity contribution in [2.45, 2.75) is 19.4 Å². The lowest BCUT2D eigenvalue weighted by Crippen LogP contribution is -2.38. The van der Waals surface area contributed by atoms with Crippen LogP contribution in [-0.2, 0) is 6.42 Å². The molecule has 1 unspecified atom stereocenters. The maximum Gasteiger partial charge on any atom is 0.191 e. The monoisotopic (exact) mass is 429 g/mol. The number of nitrogens with zero attached hydrogens (tertiary/aromatic N) is 1. The molecule has 0 spiro atoms. The Bertz CT molecular complexity index is 558. The topological polar surface area (TPSA) is 69.8 Å². The highest BCUT2D eigenvalue weighted by Crippen LogP contribution is 2.12. The Balaban J connectivity index is 0.00000264. The highest BCUT2D eigenvalue weighted by Gasteiger charge is 2.09. The van der Waals surface area contributed by atoms with Crippen LogP contribution in [0.15, 0.2) is 58.1 Å². The molecule has 0 radical (unpaired) electrons. The number of guanidine groups is 1. The average molecular weight is 429 g/mol. The van der Waals surface area contributed by atoms with Crippen molar-refractivity contribution in [3.63, 3.8) is 0 Å². The van der Waals surface area contributed by atoms with Gasteiger partial charge in [-0.15, -0.1) is 24.0 Å². The van der Waals surface area contributed by atoms with Crippen LogP contribution >= 0.6 is 24.0 Å². The number of benzene rings is 1. The molecule has 0 bridgehead atoms. The second-order valence-corrected chi connectivity index (χ2v) is 4.91. The molecule has 23 heavy (non-hydrogen) atoms. The zero-order valence-electron chi connectivity index (χ0n) is 13.2. The van der Waals surface area contributed by atoms with E-state index in [9.17, 15) is 5.11 Å². The predicted octanol–water partition coefficient (Wildman–Crippen LogP) is 2.73. The largest absolute Gasteiger partial charge is 0.467 e. The molecule has 5 nitrogen and oxygen atoms in total. The summed E-state index contributed by atoms with van der Waals surface area (Å²) in [5, 5.41) is 16.4. The van der Waals surface area contributed by atoms with E-state index in [1.165, 1.54) is 5.56 Å². The molecule has 0 aliphatic rings. The van der Waals surface area contributed by atoms with E-state index < -0.39 is 6.10 Å². The van der Waals surface area contributed by atoms with Gasteiger partial charge in [0.1, 0.15) is 11.9 Å². The summed E-state index contributed by atoms with van der Waals surface area (Å²) in [7, 11) is 0. The summed E-state index contributed by atoms with van der Waals surface area (Å²) in [4.78, 5) is 4.38. The number of hydrogen-bond acceptors (Lipinski definition) is 3. The zero-order valence-corrected chi connectivity index (χ0v) is 15.6. The first-order valence-corrected chi connectivity index (χ1v) is 7.57. The third-order valence-electron chi connectivity index (χ3n) is 3.19. The Labute approximate surface area is 154 Å². The van der Waals surface area contributed by atoms with Gasteiger partial charge in [0.25, 0.3) is 0 Å². The predicted molar refractivity (Wildman–Crippen MR) is 103 cm³/mol. The lowest BCUT2D eigenvalue weighted by Gasteiger charge is -2.12. The van der Waals surface area contributed by atoms with Crippen LogP contribution < -0.4 is 10.6 Å². The third-order valence-corrected chi connectivity index (χ3v) is 3.19. The molecular formula is C17H24IN3O2. The summed E-state index contributed by atoms with van der Waals surface area (Å²) in [6, 6.07) is 13.8. The Kier molecular flexibility index (Phi) is 9.39. The molecule has 2 aromatic rings. The van der Waals surface area contributed by atoms with Crippen LogP contribution in [0.1, 0.15) is 24.4 Å². The van der Waals surface area contributed by atoms with Gasteiger partial charge in [-0.05, 0) is 31.0 Å². The molecular weight excluding hydrogens is 405 g/mol. The van der Waals surface area contributed by atoms with E-state index in [1.54, 1.807) is 18.4 Å². The fourth-order valence-electron chi connectivity index (χ4n) is 2.06. The summed E-state index contributed by atoms with van der Waals surface area (Å²) >= 11 is 0. The maximum atomic E-state index is 9.97. The number of furan rings is 1. The number of aliphatic imine (C=N–C) groups is 1. The molecule has 3 N–H and O–H groups in total. The molecule has 0 saturated heterocycles. The molecule has 0 aliphatic heterocycles. The summed E-state index contributed by atoms with van der Waals surface area (Å²) < 4.78 is 5.17. The van der Waals surface area contributed by atoms with Gasteiger partial charge < -0.3 is 20.2 Å². The fraction of sp³-hybridized carbons (Fsp3) is 0.353. The van der Waals surface area contributed by atoms with Gasteiger partial charge in [0.2, 0.25) is 0 Å². The molecule has 1 aromatic carbocycles. The van der Waals surface area contributed by atoms with E-state index in [0.29, 0.717) is 11.7 Å². The lowest BCUT2D eigenvalue weighted by molar-refractivity contribution is 0.158. The second kappa shape index (κ2) is 11.1. The van der Waals surface area contributed by atoms with Crippen LogP contribution in [0, 0.1) is 0 Å². The van der Waals surface area contributed by atoms with Gasteiger partial charge in [-0.3, -0.25) is 4.99 Å². The van der Waals surface area contributed by atoms with Gasteiger partial charge in [0.05, 0.1) is 12.8 Å². The summed E-state index contributed by atoms with van der Waals surface area (Å²) in [6.45, 7) is 3.83. The first kappa shape index (κ1) is 19.5. The van der Waals surface area contributed by atoms with Crippen molar-refractivity contribution in [2.75, 3.05) is 19.6 Å². The van der Waals surface area contributed by atoms with Crippen LogP contribution in [0.4, 0.5) is 0 Å². The molecule has 0 fully saturated rings. The van der Waals surface area contributed by atoms with Gasteiger partial charge in [0, 0.05) is 13.1 Å². The van der Waals surface area contributed by atoms with Gasteiger partial charge >= 0.3 is 0 Å². The van der Waals surface area contributed by atoms with Crippen LogP contribution in [0.5, 0.6) is 0 Å². The number of halogens is 1. The molecule has 126 valence electrons. The minimum Gasteiger partial charge on any atom is -0.467 e. The van der Waals surface area contributed by atoms with Crippen LogP contribution in [0.3, 0.4) is 0 Å². The highest BCUT2D eigenvalue weighted by molar-refractivity contribution is 14.0. The molecule has 2 rings (SSSR count). The molecule has 0 saturated carbocycles. The standard InChI is InChI=1S/C17H23N3O2.HI/c1-2-18-17(19-11-10-14-7-4-3-5-8-14)20-13-15(21)16-9-6-12-22-16;/h3-9,12,15,21H,2,10-11,13H2,1H3,(H2,18,19,20);1H. The number of aliphatic hydroxyl groups is 1. The number of aliphatic hydroxyl groups excluding tert-OH is 1. The first-order valence-electron chi connectivity index (χ1n) is 7.57. The quantitative estimate of drug-likeness (QED) is 0.360. The van der Waals surface area contributed by atoms with Crippen LogP contribution in [0.25, 0.3) is 0 Å². The van der Waals surface area contributed by atoms with Gasteiger partial charge in [-0.25, -0.2) is 0 Å². The normalized spacial score (nSPS) is 12.3. The van der Waals surface area contributed by atoms with Crippen LogP contribution in [-0.4, -0.2) is 30.7 Å². The summed E-state index contributed by atoms with van der Waals surface area (Å²) in [6.07, 6.45) is 1.75. The Hall–Kier alpha value is -1.54. The van der Waals surface area contributed by atoms with E-state index in [-0.39, 0.29) is 30.5 Å². The minimum atomic E-state index is -0.723. The lowest BCUT2D eigenvalue weighted by atomic mass is 10.1. The maximum absolute atomic E-state index is 9.97. The smallest absolute Gasteiger partial charge is 0.191 e. The van der Waals surface area contributed by atoms with E-state index in [0.717, 1.165) is 19.5 Å². The SMILES string of the molecule is CCNC(=NCC(O)c1ccco1)NCCc1ccccc1.I. The van der Waals surface area contributed by atoms with E-state index in [4.69, 9.17) is 4.42 Å². The van der Waals surface area contributed by atoms with Gasteiger partial charge in [-0.2, -0.15) is 0 Å². The Morgan fingerprint density at radius 1 is 1.17 bits per heavy atom. The van der Waals surface area contributed by atoms with Gasteiger partial charge in [0.15, 0.2) is 5.96 Å². The van der Waals surface area contributed by atoms with Crippen molar-refractivity contribution < 1.29 is 9.52 Å². The van der Waals surface area contributed by atoms with Crippen molar-refractivity contribution in [1.82, 2.24) is 10.6 Å². The fourth-order valence-corrected chi connectivity index (χ4v) is 2.06. The Morgan fingerprint density at radius 3 is 2.61 bits per heavy atom. The number of hydrogen-bond donors (Lipinski definition) is 3. The average Bonchev–Trinajstić information content (AvgIpc) is 3.08. The van der Waals surface area contributed by atoms with Crippen molar-refractivity contribution >= 4 is 29.9 Å². The minimum absolute atomic E-state index is 0. The molecule has 0 aliphatic carbocycles. The number of nitrogens with one attached hydrogen (secondary N) is 2. The highest BCUT2D eigenvalue weighted by atomic mass is 127. The van der Waals surface area contributed by atoms with Crippen molar-refractivity contribution in [3.05, 3.63) is 60.1 Å². The number of rotatable bonds is 7.